The maximum absolute atomic E-state index is 5.76. The van der Waals surface area contributed by atoms with Gasteiger partial charge in [0, 0.05) is 6.04 Å². The zero-order valence-electron chi connectivity index (χ0n) is 11.9. The van der Waals surface area contributed by atoms with Crippen LogP contribution in [0, 0.1) is 0 Å². The summed E-state index contributed by atoms with van der Waals surface area (Å²) in [5, 5.41) is 0. The lowest BCUT2D eigenvalue weighted by Gasteiger charge is -2.09. The van der Waals surface area contributed by atoms with Crippen molar-refractivity contribution in [2.45, 2.75) is 26.3 Å². The van der Waals surface area contributed by atoms with Gasteiger partial charge >= 0.3 is 0 Å². The number of nitrogens with zero attached hydrogens (tertiary/aromatic N) is 1. The van der Waals surface area contributed by atoms with Crippen LogP contribution in [0.5, 0.6) is 17.2 Å². The summed E-state index contributed by atoms with van der Waals surface area (Å²) in [7, 11) is 0. The summed E-state index contributed by atoms with van der Waals surface area (Å²) in [6, 6.07) is 11.2. The Kier molecular flexibility index (Phi) is 4.96. The van der Waals surface area contributed by atoms with Crippen molar-refractivity contribution in [3.05, 3.63) is 48.3 Å². The normalized spacial score (nSPS) is 11.9. The Morgan fingerprint density at radius 3 is 2.25 bits per heavy atom. The highest BCUT2D eigenvalue weighted by Gasteiger charge is 2.02. The van der Waals surface area contributed by atoms with Gasteiger partial charge in [-0.25, -0.2) is 0 Å². The zero-order chi connectivity index (χ0) is 14.4. The molecule has 4 heteroatoms. The van der Waals surface area contributed by atoms with Crippen molar-refractivity contribution in [2.24, 2.45) is 5.73 Å². The third-order valence-electron chi connectivity index (χ3n) is 2.76. The molecule has 1 atom stereocenters. The van der Waals surface area contributed by atoms with E-state index in [4.69, 9.17) is 15.2 Å². The Morgan fingerprint density at radius 1 is 1.05 bits per heavy atom. The summed E-state index contributed by atoms with van der Waals surface area (Å²) in [5.41, 5.74) is 6.60. The van der Waals surface area contributed by atoms with Gasteiger partial charge < -0.3 is 15.2 Å². The smallest absolute Gasteiger partial charge is 0.145 e. The number of ether oxygens (including phenoxy) is 2. The Morgan fingerprint density at radius 2 is 1.70 bits per heavy atom. The second kappa shape index (κ2) is 6.91. The number of pyridine rings is 1. The second-order valence-electron chi connectivity index (χ2n) is 4.63. The number of benzene rings is 1. The minimum Gasteiger partial charge on any atom is -0.494 e. The van der Waals surface area contributed by atoms with E-state index in [1.54, 1.807) is 6.20 Å². The first-order chi connectivity index (χ1) is 9.69. The maximum Gasteiger partial charge on any atom is 0.145 e. The third kappa shape index (κ3) is 3.96. The van der Waals surface area contributed by atoms with E-state index in [0.29, 0.717) is 5.75 Å². The van der Waals surface area contributed by atoms with Crippen molar-refractivity contribution in [3.8, 4) is 17.2 Å². The predicted molar refractivity (Wildman–Crippen MR) is 79.1 cm³/mol. The fourth-order valence-electron chi connectivity index (χ4n) is 1.68. The molecule has 106 valence electrons. The average molecular weight is 272 g/mol. The lowest BCUT2D eigenvalue weighted by atomic mass is 10.2. The van der Waals surface area contributed by atoms with E-state index >= 15 is 0 Å². The van der Waals surface area contributed by atoms with Gasteiger partial charge in [0.15, 0.2) is 0 Å². The maximum atomic E-state index is 5.76. The second-order valence-corrected chi connectivity index (χ2v) is 4.63. The van der Waals surface area contributed by atoms with Crippen molar-refractivity contribution in [3.63, 3.8) is 0 Å². The van der Waals surface area contributed by atoms with Gasteiger partial charge in [-0.1, -0.05) is 6.92 Å². The Hall–Kier alpha value is -2.07. The first-order valence-electron chi connectivity index (χ1n) is 6.81. The molecule has 0 saturated heterocycles. The molecule has 0 bridgehead atoms. The monoisotopic (exact) mass is 272 g/mol. The zero-order valence-corrected chi connectivity index (χ0v) is 11.9. The van der Waals surface area contributed by atoms with Gasteiger partial charge in [-0.05, 0) is 49.7 Å². The van der Waals surface area contributed by atoms with Gasteiger partial charge in [-0.3, -0.25) is 4.98 Å². The van der Waals surface area contributed by atoms with Crippen molar-refractivity contribution >= 4 is 0 Å². The van der Waals surface area contributed by atoms with E-state index in [0.717, 1.165) is 30.2 Å². The summed E-state index contributed by atoms with van der Waals surface area (Å²) in [6.45, 7) is 4.71. The summed E-state index contributed by atoms with van der Waals surface area (Å²) in [4.78, 5) is 4.26. The van der Waals surface area contributed by atoms with Gasteiger partial charge in [-0.2, -0.15) is 0 Å². The first kappa shape index (κ1) is 14.3. The molecule has 0 spiro atoms. The van der Waals surface area contributed by atoms with Crippen LogP contribution in [-0.4, -0.2) is 11.6 Å². The highest BCUT2D eigenvalue weighted by Crippen LogP contribution is 2.24. The number of rotatable bonds is 6. The standard InChI is InChI=1S/C16H20N2O2/c1-3-10-19-13-4-6-14(7-5-13)20-15-8-9-16(12(2)17)18-11-15/h4-9,11-12H,3,10,17H2,1-2H3/t12-/m1/s1. The Balaban J connectivity index is 1.98. The molecule has 1 heterocycles. The Labute approximate surface area is 119 Å². The molecule has 0 radical (unpaired) electrons. The van der Waals surface area contributed by atoms with Crippen LogP contribution in [0.25, 0.3) is 0 Å². The van der Waals surface area contributed by atoms with Crippen molar-refractivity contribution < 1.29 is 9.47 Å². The molecule has 4 nitrogen and oxygen atoms in total. The van der Waals surface area contributed by atoms with E-state index < -0.39 is 0 Å². The molecule has 1 aromatic heterocycles. The number of nitrogens with two attached hydrogens (primary N) is 1. The molecule has 0 fully saturated rings. The molecule has 0 amide bonds. The SMILES string of the molecule is CCCOc1ccc(Oc2ccc([C@@H](C)N)nc2)cc1. The lowest BCUT2D eigenvalue weighted by Crippen LogP contribution is -2.06. The highest BCUT2D eigenvalue weighted by molar-refractivity contribution is 5.34. The van der Waals surface area contributed by atoms with Gasteiger partial charge in [0.05, 0.1) is 18.5 Å². The van der Waals surface area contributed by atoms with Crippen LogP contribution in [-0.2, 0) is 0 Å². The molecule has 0 saturated carbocycles. The van der Waals surface area contributed by atoms with Crippen LogP contribution in [0.3, 0.4) is 0 Å². The van der Waals surface area contributed by atoms with E-state index in [1.807, 2.05) is 43.3 Å². The van der Waals surface area contributed by atoms with Crippen LogP contribution in [0.2, 0.25) is 0 Å². The number of hydrogen-bond acceptors (Lipinski definition) is 4. The molecule has 0 aliphatic heterocycles. The van der Waals surface area contributed by atoms with Gasteiger partial charge in [0.2, 0.25) is 0 Å². The molecule has 2 N–H and O–H groups in total. The molecule has 0 unspecified atom stereocenters. The molecule has 0 aliphatic carbocycles. The molecular weight excluding hydrogens is 252 g/mol. The minimum absolute atomic E-state index is 0.0703. The predicted octanol–water partition coefficient (Wildman–Crippen LogP) is 3.68. The fraction of sp³-hybridized carbons (Fsp3) is 0.312. The summed E-state index contributed by atoms with van der Waals surface area (Å²) in [5.74, 6) is 2.30. The van der Waals surface area contributed by atoms with E-state index in [1.165, 1.54) is 0 Å². The quantitative estimate of drug-likeness (QED) is 0.871. The number of hydrogen-bond donors (Lipinski definition) is 1. The molecule has 2 rings (SSSR count). The van der Waals surface area contributed by atoms with Gasteiger partial charge in [0.25, 0.3) is 0 Å². The third-order valence-corrected chi connectivity index (χ3v) is 2.76. The largest absolute Gasteiger partial charge is 0.494 e. The highest BCUT2D eigenvalue weighted by atomic mass is 16.5. The van der Waals surface area contributed by atoms with Crippen LogP contribution in [0.4, 0.5) is 0 Å². The summed E-state index contributed by atoms with van der Waals surface area (Å²) >= 11 is 0. The van der Waals surface area contributed by atoms with Crippen molar-refractivity contribution in [2.75, 3.05) is 6.61 Å². The Bertz CT molecular complexity index is 521. The molecule has 2 aromatic rings. The number of aromatic nitrogens is 1. The van der Waals surface area contributed by atoms with Gasteiger partial charge in [-0.15, -0.1) is 0 Å². The van der Waals surface area contributed by atoms with E-state index in [2.05, 4.69) is 11.9 Å². The van der Waals surface area contributed by atoms with E-state index in [9.17, 15) is 0 Å². The fourth-order valence-corrected chi connectivity index (χ4v) is 1.68. The van der Waals surface area contributed by atoms with Gasteiger partial charge in [0.1, 0.15) is 17.2 Å². The van der Waals surface area contributed by atoms with Crippen molar-refractivity contribution in [1.29, 1.82) is 0 Å². The summed E-state index contributed by atoms with van der Waals surface area (Å²) < 4.78 is 11.2. The molecule has 20 heavy (non-hydrogen) atoms. The van der Waals surface area contributed by atoms with Crippen LogP contribution >= 0.6 is 0 Å². The summed E-state index contributed by atoms with van der Waals surface area (Å²) in [6.07, 6.45) is 2.68. The van der Waals surface area contributed by atoms with E-state index in [-0.39, 0.29) is 6.04 Å². The minimum atomic E-state index is -0.0703. The molecule has 0 aliphatic rings. The van der Waals surface area contributed by atoms with Crippen LogP contribution in [0.15, 0.2) is 42.6 Å². The lowest BCUT2D eigenvalue weighted by molar-refractivity contribution is 0.317. The molecular formula is C16H20N2O2. The molecule has 1 aromatic carbocycles. The first-order valence-corrected chi connectivity index (χ1v) is 6.81. The topological polar surface area (TPSA) is 57.4 Å². The van der Waals surface area contributed by atoms with Crippen LogP contribution < -0.4 is 15.2 Å². The van der Waals surface area contributed by atoms with Crippen molar-refractivity contribution in [1.82, 2.24) is 4.98 Å². The average Bonchev–Trinajstić information content (AvgIpc) is 2.47. The van der Waals surface area contributed by atoms with Crippen LogP contribution in [0.1, 0.15) is 32.0 Å².